The van der Waals surface area contributed by atoms with E-state index in [4.69, 9.17) is 9.47 Å². The van der Waals surface area contributed by atoms with Gasteiger partial charge in [0.05, 0.1) is 18.2 Å². The quantitative estimate of drug-likeness (QED) is 0.508. The molecule has 1 unspecified atom stereocenters. The summed E-state index contributed by atoms with van der Waals surface area (Å²) in [5.41, 5.74) is 1.37. The summed E-state index contributed by atoms with van der Waals surface area (Å²) in [5.74, 6) is 2.14. The number of benzene rings is 1. The van der Waals surface area contributed by atoms with Gasteiger partial charge >= 0.3 is 12.1 Å². The SMILES string of the molecule is COC(=O)c1cc(Br)cc2c(C3CCCSCC3)cn(C(=O)OC(C)(C)C)c12. The summed E-state index contributed by atoms with van der Waals surface area (Å²) in [7, 11) is 1.35. The Kier molecular flexibility index (Phi) is 6.44. The molecule has 1 aromatic carbocycles. The highest BCUT2D eigenvalue weighted by Crippen LogP contribution is 2.38. The first-order chi connectivity index (χ1) is 13.2. The molecule has 1 fully saturated rings. The second-order valence-electron chi connectivity index (χ2n) is 8.02. The van der Waals surface area contributed by atoms with Crippen molar-refractivity contribution < 1.29 is 19.1 Å². The Bertz CT molecular complexity index is 892. The molecule has 2 heterocycles. The molecule has 0 amide bonds. The smallest absolute Gasteiger partial charge is 0.419 e. The Morgan fingerprint density at radius 2 is 1.96 bits per heavy atom. The number of thioether (sulfide) groups is 1. The fraction of sp³-hybridized carbons (Fsp3) is 0.524. The zero-order valence-electron chi connectivity index (χ0n) is 16.7. The number of fused-ring (bicyclic) bond motifs is 1. The number of methoxy groups -OCH3 is 1. The van der Waals surface area contributed by atoms with Crippen LogP contribution in [0.1, 0.15) is 61.9 Å². The molecule has 1 aliphatic heterocycles. The lowest BCUT2D eigenvalue weighted by Gasteiger charge is -2.20. The van der Waals surface area contributed by atoms with Gasteiger partial charge in [0.2, 0.25) is 0 Å². The molecule has 5 nitrogen and oxygen atoms in total. The van der Waals surface area contributed by atoms with E-state index in [1.165, 1.54) is 11.7 Å². The molecular formula is C21H26BrNO4S. The second kappa shape index (κ2) is 8.49. The van der Waals surface area contributed by atoms with Gasteiger partial charge in [-0.15, -0.1) is 0 Å². The van der Waals surface area contributed by atoms with Crippen LogP contribution in [-0.2, 0) is 9.47 Å². The summed E-state index contributed by atoms with van der Waals surface area (Å²) < 4.78 is 12.9. The molecule has 28 heavy (non-hydrogen) atoms. The predicted octanol–water partition coefficient (Wildman–Crippen LogP) is 5.97. The fourth-order valence-electron chi connectivity index (χ4n) is 3.61. The minimum atomic E-state index is -0.631. The van der Waals surface area contributed by atoms with Crippen LogP contribution >= 0.6 is 27.7 Å². The third-order valence-electron chi connectivity index (χ3n) is 4.78. The van der Waals surface area contributed by atoms with Crippen LogP contribution in [0.5, 0.6) is 0 Å². The van der Waals surface area contributed by atoms with Crippen molar-refractivity contribution in [2.24, 2.45) is 0 Å². The van der Waals surface area contributed by atoms with Gasteiger partial charge in [0.25, 0.3) is 0 Å². The van der Waals surface area contributed by atoms with Crippen molar-refractivity contribution in [2.75, 3.05) is 18.6 Å². The Labute approximate surface area is 178 Å². The third kappa shape index (κ3) is 4.57. The lowest BCUT2D eigenvalue weighted by atomic mass is 9.91. The summed E-state index contributed by atoms with van der Waals surface area (Å²) in [4.78, 5) is 25.4. The van der Waals surface area contributed by atoms with Gasteiger partial charge in [-0.25, -0.2) is 9.59 Å². The summed E-state index contributed by atoms with van der Waals surface area (Å²) in [6, 6.07) is 3.68. The van der Waals surface area contributed by atoms with E-state index in [1.54, 1.807) is 6.07 Å². The third-order valence-corrected chi connectivity index (χ3v) is 6.34. The van der Waals surface area contributed by atoms with E-state index in [0.29, 0.717) is 17.0 Å². The standard InChI is InChI=1S/C21H26BrNO4S/c1-21(2,3)27-20(25)23-12-17(13-6-5-8-28-9-7-13)15-10-14(22)11-16(18(15)23)19(24)26-4/h10-13H,5-9H2,1-4H3. The largest absolute Gasteiger partial charge is 0.465 e. The molecule has 152 valence electrons. The average Bonchev–Trinajstić information content (AvgIpc) is 2.80. The van der Waals surface area contributed by atoms with E-state index >= 15 is 0 Å². The Hall–Kier alpha value is -1.47. The molecule has 0 saturated carbocycles. The highest BCUT2D eigenvalue weighted by molar-refractivity contribution is 9.10. The summed E-state index contributed by atoms with van der Waals surface area (Å²) in [6.45, 7) is 5.49. The van der Waals surface area contributed by atoms with Gasteiger partial charge in [0.1, 0.15) is 5.60 Å². The van der Waals surface area contributed by atoms with E-state index in [-0.39, 0.29) is 0 Å². The number of nitrogens with zero attached hydrogens (tertiary/aromatic N) is 1. The number of hydrogen-bond donors (Lipinski definition) is 0. The van der Waals surface area contributed by atoms with Gasteiger partial charge in [-0.2, -0.15) is 11.8 Å². The average molecular weight is 468 g/mol. The molecule has 1 aromatic heterocycles. The van der Waals surface area contributed by atoms with Gasteiger partial charge in [-0.05, 0) is 75.2 Å². The predicted molar refractivity (Wildman–Crippen MR) is 117 cm³/mol. The summed E-state index contributed by atoms with van der Waals surface area (Å²) in [6.07, 6.45) is 4.64. The maximum atomic E-state index is 13.0. The maximum absolute atomic E-state index is 13.0. The Morgan fingerprint density at radius 1 is 1.21 bits per heavy atom. The zero-order chi connectivity index (χ0) is 20.5. The number of carbonyl (C=O) groups excluding carboxylic acids is 2. The summed E-state index contributed by atoms with van der Waals surface area (Å²) in [5, 5.41) is 0.900. The van der Waals surface area contributed by atoms with Gasteiger partial charge in [-0.1, -0.05) is 15.9 Å². The monoisotopic (exact) mass is 467 g/mol. The minimum absolute atomic E-state index is 0.348. The van der Waals surface area contributed by atoms with Gasteiger partial charge < -0.3 is 9.47 Å². The van der Waals surface area contributed by atoms with Gasteiger partial charge in [0, 0.05) is 16.1 Å². The first-order valence-corrected chi connectivity index (χ1v) is 11.4. The lowest BCUT2D eigenvalue weighted by molar-refractivity contribution is 0.0544. The molecule has 1 atom stereocenters. The number of esters is 1. The van der Waals surface area contributed by atoms with Crippen LogP contribution in [0, 0.1) is 0 Å². The number of carbonyl (C=O) groups is 2. The highest BCUT2D eigenvalue weighted by Gasteiger charge is 2.28. The molecule has 3 rings (SSSR count). The van der Waals surface area contributed by atoms with E-state index in [0.717, 1.165) is 46.2 Å². The summed E-state index contributed by atoms with van der Waals surface area (Å²) >= 11 is 5.49. The molecule has 2 aromatic rings. The van der Waals surface area contributed by atoms with E-state index in [2.05, 4.69) is 15.9 Å². The first kappa shape index (κ1) is 21.2. The van der Waals surface area contributed by atoms with E-state index in [1.807, 2.05) is 44.8 Å². The number of aromatic nitrogens is 1. The molecule has 7 heteroatoms. The molecule has 1 saturated heterocycles. The Balaban J connectivity index is 2.22. The molecule has 0 radical (unpaired) electrons. The number of ether oxygens (including phenoxy) is 2. The van der Waals surface area contributed by atoms with E-state index < -0.39 is 17.7 Å². The van der Waals surface area contributed by atoms with Crippen molar-refractivity contribution in [3.63, 3.8) is 0 Å². The number of rotatable bonds is 2. The lowest BCUT2D eigenvalue weighted by Crippen LogP contribution is -2.27. The van der Waals surface area contributed by atoms with Crippen LogP contribution in [-0.4, -0.2) is 40.8 Å². The van der Waals surface area contributed by atoms with Crippen molar-refractivity contribution in [3.05, 3.63) is 33.9 Å². The van der Waals surface area contributed by atoms with Crippen molar-refractivity contribution >= 4 is 50.7 Å². The highest BCUT2D eigenvalue weighted by atomic mass is 79.9. The molecule has 1 aliphatic rings. The normalized spacial score (nSPS) is 18.0. The maximum Gasteiger partial charge on any atom is 0.419 e. The fourth-order valence-corrected chi connectivity index (χ4v) is 5.10. The van der Waals surface area contributed by atoms with Crippen LogP contribution in [0.2, 0.25) is 0 Å². The molecular weight excluding hydrogens is 442 g/mol. The minimum Gasteiger partial charge on any atom is -0.465 e. The first-order valence-electron chi connectivity index (χ1n) is 9.45. The molecule has 0 aliphatic carbocycles. The van der Waals surface area contributed by atoms with Crippen molar-refractivity contribution in [2.45, 2.75) is 51.6 Å². The number of halogens is 1. The van der Waals surface area contributed by atoms with Crippen LogP contribution < -0.4 is 0 Å². The molecule has 0 spiro atoms. The van der Waals surface area contributed by atoms with Crippen LogP contribution in [0.3, 0.4) is 0 Å². The Morgan fingerprint density at radius 3 is 2.64 bits per heavy atom. The van der Waals surface area contributed by atoms with Crippen molar-refractivity contribution in [3.8, 4) is 0 Å². The zero-order valence-corrected chi connectivity index (χ0v) is 19.1. The topological polar surface area (TPSA) is 57.5 Å². The van der Waals surface area contributed by atoms with Crippen molar-refractivity contribution in [1.29, 1.82) is 0 Å². The second-order valence-corrected chi connectivity index (χ2v) is 10.2. The number of hydrogen-bond acceptors (Lipinski definition) is 5. The van der Waals surface area contributed by atoms with Gasteiger partial charge in [0.15, 0.2) is 0 Å². The van der Waals surface area contributed by atoms with Gasteiger partial charge in [-0.3, -0.25) is 4.57 Å². The van der Waals surface area contributed by atoms with Crippen LogP contribution in [0.4, 0.5) is 4.79 Å². The van der Waals surface area contributed by atoms with Crippen molar-refractivity contribution in [1.82, 2.24) is 4.57 Å². The van der Waals surface area contributed by atoms with E-state index in [9.17, 15) is 9.59 Å². The van der Waals surface area contributed by atoms with Crippen LogP contribution in [0.25, 0.3) is 10.9 Å². The molecule has 0 bridgehead atoms. The molecule has 0 N–H and O–H groups in total. The van der Waals surface area contributed by atoms with Crippen LogP contribution in [0.15, 0.2) is 22.8 Å².